The number of nitrogens with zero attached hydrogens (tertiary/aromatic N) is 1. The number of hydrogen-bond acceptors (Lipinski definition) is 2. The van der Waals surface area contributed by atoms with E-state index in [-0.39, 0.29) is 11.0 Å². The van der Waals surface area contributed by atoms with E-state index in [1.807, 2.05) is 0 Å². The number of rotatable bonds is 4. The van der Waals surface area contributed by atoms with Crippen molar-refractivity contribution in [2.45, 2.75) is 0 Å². The van der Waals surface area contributed by atoms with Crippen molar-refractivity contribution in [1.82, 2.24) is 4.90 Å². The van der Waals surface area contributed by atoms with Crippen molar-refractivity contribution in [1.29, 1.82) is 0 Å². The Morgan fingerprint density at radius 3 is 2.41 bits per heavy atom. The maximum Gasteiger partial charge on any atom is 0.259 e. The van der Waals surface area contributed by atoms with Gasteiger partial charge in [-0.15, -0.1) is 0 Å². The highest BCUT2D eigenvalue weighted by molar-refractivity contribution is 9.10. The molecule has 0 saturated carbocycles. The van der Waals surface area contributed by atoms with E-state index < -0.39 is 23.1 Å². The summed E-state index contributed by atoms with van der Waals surface area (Å²) in [5.41, 5.74) is -0.549. The van der Waals surface area contributed by atoms with Crippen LogP contribution in [0.15, 0.2) is 16.6 Å². The van der Waals surface area contributed by atoms with Gasteiger partial charge in [-0.05, 0) is 12.1 Å². The number of halogens is 3. The van der Waals surface area contributed by atoms with Gasteiger partial charge in [0.1, 0.15) is 17.2 Å². The zero-order valence-electron chi connectivity index (χ0n) is 9.47. The summed E-state index contributed by atoms with van der Waals surface area (Å²) < 4.78 is 32.0. The van der Waals surface area contributed by atoms with Crippen LogP contribution in [0.1, 0.15) is 10.4 Å². The summed E-state index contributed by atoms with van der Waals surface area (Å²) >= 11 is 2.95. The monoisotopic (exact) mass is 307 g/mol. The summed E-state index contributed by atoms with van der Waals surface area (Å²) in [4.78, 5) is 13.0. The number of carbonyl (C=O) groups is 1. The predicted molar refractivity (Wildman–Crippen MR) is 62.9 cm³/mol. The molecule has 0 fully saturated rings. The molecule has 94 valence electrons. The number of benzene rings is 1. The largest absolute Gasteiger partial charge is 0.383 e. The molecule has 0 aliphatic heterocycles. The quantitative estimate of drug-likeness (QED) is 0.855. The Kier molecular flexibility index (Phi) is 5.02. The number of hydrogen-bond donors (Lipinski definition) is 0. The molecule has 1 rings (SSSR count). The van der Waals surface area contributed by atoms with Crippen LogP contribution in [0.2, 0.25) is 0 Å². The second-order valence-corrected chi connectivity index (χ2v) is 4.38. The lowest BCUT2D eigenvalue weighted by atomic mass is 10.1. The molecule has 6 heteroatoms. The second-order valence-electron chi connectivity index (χ2n) is 3.46. The number of likely N-dealkylation sites (N-methyl/N-ethyl adjacent to an activating group) is 1. The average molecular weight is 308 g/mol. The van der Waals surface area contributed by atoms with Gasteiger partial charge < -0.3 is 9.64 Å². The number of ether oxygens (including phenoxy) is 1. The van der Waals surface area contributed by atoms with Crippen LogP contribution in [0, 0.1) is 11.6 Å². The van der Waals surface area contributed by atoms with E-state index in [0.717, 1.165) is 12.1 Å². The molecule has 0 radical (unpaired) electrons. The molecule has 0 saturated heterocycles. The first kappa shape index (κ1) is 14.1. The normalized spacial score (nSPS) is 10.4. The van der Waals surface area contributed by atoms with Gasteiger partial charge in [0.05, 0.1) is 6.61 Å². The van der Waals surface area contributed by atoms with E-state index in [9.17, 15) is 13.6 Å². The molecular formula is C11H12BrF2NO2. The summed E-state index contributed by atoms with van der Waals surface area (Å²) in [6, 6.07) is 2.11. The van der Waals surface area contributed by atoms with Gasteiger partial charge in [0.2, 0.25) is 0 Å². The van der Waals surface area contributed by atoms with Crippen molar-refractivity contribution >= 4 is 21.8 Å². The van der Waals surface area contributed by atoms with Crippen molar-refractivity contribution in [2.75, 3.05) is 27.3 Å². The van der Waals surface area contributed by atoms with Crippen molar-refractivity contribution in [3.05, 3.63) is 33.8 Å². The van der Waals surface area contributed by atoms with Crippen LogP contribution in [0.25, 0.3) is 0 Å². The van der Waals surface area contributed by atoms with Crippen LogP contribution in [-0.2, 0) is 4.74 Å². The molecule has 1 aromatic rings. The van der Waals surface area contributed by atoms with Crippen LogP contribution >= 0.6 is 15.9 Å². The summed E-state index contributed by atoms with van der Waals surface area (Å²) in [6.07, 6.45) is 0. The molecule has 0 N–H and O–H groups in total. The lowest BCUT2D eigenvalue weighted by molar-refractivity contribution is 0.0734. The molecule has 1 aromatic carbocycles. The number of carbonyl (C=O) groups excluding carboxylic acids is 1. The molecule has 0 aliphatic rings. The van der Waals surface area contributed by atoms with Gasteiger partial charge in [0.25, 0.3) is 5.91 Å². The summed E-state index contributed by atoms with van der Waals surface area (Å²) in [7, 11) is 2.95. The standard InChI is InChI=1S/C11H12BrF2NO2/c1-15(3-4-17-2)11(16)10-8(13)5-7(12)6-9(10)14/h5-6H,3-4H2,1-2H3. The highest BCUT2D eigenvalue weighted by Crippen LogP contribution is 2.20. The molecule has 0 heterocycles. The van der Waals surface area contributed by atoms with E-state index >= 15 is 0 Å². The Balaban J connectivity index is 2.96. The molecule has 0 bridgehead atoms. The van der Waals surface area contributed by atoms with Gasteiger partial charge in [0.15, 0.2) is 0 Å². The molecule has 0 atom stereocenters. The summed E-state index contributed by atoms with van der Waals surface area (Å²) in [5.74, 6) is -2.47. The van der Waals surface area contributed by atoms with E-state index in [1.54, 1.807) is 0 Å². The van der Waals surface area contributed by atoms with Crippen molar-refractivity contribution in [3.8, 4) is 0 Å². The Bertz CT molecular complexity index is 403. The summed E-state index contributed by atoms with van der Waals surface area (Å²) in [5, 5.41) is 0. The molecule has 0 spiro atoms. The van der Waals surface area contributed by atoms with Crippen LogP contribution in [0.5, 0.6) is 0 Å². The lowest BCUT2D eigenvalue weighted by Gasteiger charge is -2.17. The van der Waals surface area contributed by atoms with Crippen molar-refractivity contribution in [2.24, 2.45) is 0 Å². The van der Waals surface area contributed by atoms with Crippen LogP contribution in [0.3, 0.4) is 0 Å². The van der Waals surface area contributed by atoms with Crippen LogP contribution in [-0.4, -0.2) is 38.1 Å². The number of amides is 1. The third kappa shape index (κ3) is 3.47. The van der Waals surface area contributed by atoms with Gasteiger partial charge in [0, 0.05) is 25.2 Å². The summed E-state index contributed by atoms with van der Waals surface area (Å²) in [6.45, 7) is 0.576. The minimum Gasteiger partial charge on any atom is -0.383 e. The minimum absolute atomic E-state index is 0.253. The molecule has 0 aromatic heterocycles. The Morgan fingerprint density at radius 2 is 1.94 bits per heavy atom. The molecule has 1 amide bonds. The molecule has 0 unspecified atom stereocenters. The zero-order valence-corrected chi connectivity index (χ0v) is 11.1. The fraction of sp³-hybridized carbons (Fsp3) is 0.364. The SMILES string of the molecule is COCCN(C)C(=O)c1c(F)cc(Br)cc1F. The predicted octanol–water partition coefficient (Wildman–Crippen LogP) is 2.45. The van der Waals surface area contributed by atoms with Gasteiger partial charge >= 0.3 is 0 Å². The van der Waals surface area contributed by atoms with E-state index in [0.29, 0.717) is 6.61 Å². The fourth-order valence-electron chi connectivity index (χ4n) is 1.27. The maximum absolute atomic E-state index is 13.5. The van der Waals surface area contributed by atoms with E-state index in [1.165, 1.54) is 19.1 Å². The Hall–Kier alpha value is -1.01. The molecular weight excluding hydrogens is 296 g/mol. The molecule has 0 aliphatic carbocycles. The van der Waals surface area contributed by atoms with Gasteiger partial charge in [-0.25, -0.2) is 8.78 Å². The third-order valence-corrected chi connectivity index (χ3v) is 2.66. The van der Waals surface area contributed by atoms with Crippen LogP contribution in [0.4, 0.5) is 8.78 Å². The first-order valence-corrected chi connectivity index (χ1v) is 5.65. The topological polar surface area (TPSA) is 29.5 Å². The smallest absolute Gasteiger partial charge is 0.259 e. The van der Waals surface area contributed by atoms with Crippen LogP contribution < -0.4 is 0 Å². The first-order chi connectivity index (χ1) is 7.97. The maximum atomic E-state index is 13.5. The molecule has 3 nitrogen and oxygen atoms in total. The highest BCUT2D eigenvalue weighted by atomic mass is 79.9. The minimum atomic E-state index is -0.883. The second kappa shape index (κ2) is 6.07. The third-order valence-electron chi connectivity index (χ3n) is 2.20. The molecule has 17 heavy (non-hydrogen) atoms. The van der Waals surface area contributed by atoms with Crippen molar-refractivity contribution < 1.29 is 18.3 Å². The van der Waals surface area contributed by atoms with Gasteiger partial charge in [-0.3, -0.25) is 4.79 Å². The zero-order chi connectivity index (χ0) is 13.0. The first-order valence-electron chi connectivity index (χ1n) is 4.86. The average Bonchev–Trinajstić information content (AvgIpc) is 2.24. The van der Waals surface area contributed by atoms with Gasteiger partial charge in [-0.2, -0.15) is 0 Å². The lowest BCUT2D eigenvalue weighted by Crippen LogP contribution is -2.31. The van der Waals surface area contributed by atoms with Gasteiger partial charge in [-0.1, -0.05) is 15.9 Å². The fourth-order valence-corrected chi connectivity index (χ4v) is 1.67. The number of methoxy groups -OCH3 is 1. The van der Waals surface area contributed by atoms with E-state index in [2.05, 4.69) is 15.9 Å². The Morgan fingerprint density at radius 1 is 1.41 bits per heavy atom. The highest BCUT2D eigenvalue weighted by Gasteiger charge is 2.21. The Labute approximate surface area is 106 Å². The van der Waals surface area contributed by atoms with E-state index in [4.69, 9.17) is 4.74 Å². The van der Waals surface area contributed by atoms with Crippen molar-refractivity contribution in [3.63, 3.8) is 0 Å².